The van der Waals surface area contributed by atoms with Gasteiger partial charge in [-0.3, -0.25) is 0 Å². The van der Waals surface area contributed by atoms with Gasteiger partial charge in [-0.2, -0.15) is 0 Å². The zero-order chi connectivity index (χ0) is 11.5. The van der Waals surface area contributed by atoms with Gasteiger partial charge in [-0.25, -0.2) is 9.37 Å². The van der Waals surface area contributed by atoms with Gasteiger partial charge in [-0.15, -0.1) is 11.3 Å². The van der Waals surface area contributed by atoms with Crippen molar-refractivity contribution in [1.29, 1.82) is 0 Å². The van der Waals surface area contributed by atoms with Crippen LogP contribution < -0.4 is 0 Å². The summed E-state index contributed by atoms with van der Waals surface area (Å²) >= 11 is 4.77. The van der Waals surface area contributed by atoms with Crippen molar-refractivity contribution in [2.75, 3.05) is 0 Å². The number of halogens is 2. The van der Waals surface area contributed by atoms with E-state index in [0.717, 1.165) is 15.2 Å². The van der Waals surface area contributed by atoms with Crippen LogP contribution in [0.3, 0.4) is 0 Å². The summed E-state index contributed by atoms with van der Waals surface area (Å²) in [6, 6.07) is 5.00. The van der Waals surface area contributed by atoms with E-state index in [-0.39, 0.29) is 5.82 Å². The van der Waals surface area contributed by atoms with Crippen LogP contribution >= 0.6 is 27.3 Å². The molecule has 1 aromatic heterocycles. The minimum absolute atomic E-state index is 0.237. The van der Waals surface area contributed by atoms with E-state index in [2.05, 4.69) is 20.9 Å². The van der Waals surface area contributed by atoms with E-state index in [0.29, 0.717) is 5.56 Å². The number of aromatic nitrogens is 1. The number of aryl methyl sites for hydroxylation is 1. The van der Waals surface area contributed by atoms with Crippen LogP contribution in [0.2, 0.25) is 0 Å². The van der Waals surface area contributed by atoms with Gasteiger partial charge in [0.1, 0.15) is 10.8 Å². The topological polar surface area (TPSA) is 12.9 Å². The summed E-state index contributed by atoms with van der Waals surface area (Å²) in [6.07, 6.45) is 3.56. The monoisotopic (exact) mass is 297 g/mol. The maximum Gasteiger partial charge on any atom is 0.131 e. The molecule has 0 aliphatic rings. The van der Waals surface area contributed by atoms with Crippen molar-refractivity contribution in [2.45, 2.75) is 6.92 Å². The third kappa shape index (κ3) is 2.77. The summed E-state index contributed by atoms with van der Waals surface area (Å²) in [7, 11) is 0. The number of thiazole rings is 1. The first-order chi connectivity index (χ1) is 7.65. The van der Waals surface area contributed by atoms with Gasteiger partial charge in [0.2, 0.25) is 0 Å². The lowest BCUT2D eigenvalue weighted by Gasteiger charge is -1.96. The molecule has 2 aromatic rings. The Hall–Kier alpha value is -1.00. The van der Waals surface area contributed by atoms with Gasteiger partial charge in [-0.1, -0.05) is 22.0 Å². The highest BCUT2D eigenvalue weighted by Crippen LogP contribution is 2.18. The van der Waals surface area contributed by atoms with Crippen molar-refractivity contribution in [1.82, 2.24) is 4.98 Å². The molecule has 0 radical (unpaired) electrons. The molecule has 0 aliphatic heterocycles. The van der Waals surface area contributed by atoms with E-state index in [4.69, 9.17) is 0 Å². The Balaban J connectivity index is 2.23. The number of hydrogen-bond donors (Lipinski definition) is 0. The number of nitrogens with zero attached hydrogens (tertiary/aromatic N) is 1. The highest BCUT2D eigenvalue weighted by Gasteiger charge is 1.99. The van der Waals surface area contributed by atoms with E-state index in [9.17, 15) is 4.39 Å². The van der Waals surface area contributed by atoms with Gasteiger partial charge >= 0.3 is 0 Å². The fraction of sp³-hybridized carbons (Fsp3) is 0.0833. The molecule has 0 aliphatic carbocycles. The van der Waals surface area contributed by atoms with Crippen LogP contribution in [0.15, 0.2) is 28.1 Å². The molecule has 1 aromatic carbocycles. The highest BCUT2D eigenvalue weighted by molar-refractivity contribution is 9.10. The van der Waals surface area contributed by atoms with Crippen LogP contribution in [0.4, 0.5) is 4.39 Å². The van der Waals surface area contributed by atoms with E-state index >= 15 is 0 Å². The van der Waals surface area contributed by atoms with Crippen molar-refractivity contribution in [3.63, 3.8) is 0 Å². The third-order valence-electron chi connectivity index (χ3n) is 2.00. The Bertz CT molecular complexity index is 534. The van der Waals surface area contributed by atoms with Crippen molar-refractivity contribution < 1.29 is 4.39 Å². The summed E-state index contributed by atoms with van der Waals surface area (Å²) in [6.45, 7) is 1.94. The van der Waals surface area contributed by atoms with E-state index < -0.39 is 0 Å². The molecule has 0 atom stereocenters. The molecule has 0 N–H and O–H groups in total. The summed E-state index contributed by atoms with van der Waals surface area (Å²) in [5, 5.41) is 2.86. The lowest BCUT2D eigenvalue weighted by atomic mass is 10.2. The van der Waals surface area contributed by atoms with E-state index in [1.807, 2.05) is 24.4 Å². The minimum Gasteiger partial charge on any atom is -0.242 e. The number of benzene rings is 1. The Morgan fingerprint density at radius 2 is 2.19 bits per heavy atom. The summed E-state index contributed by atoms with van der Waals surface area (Å²) in [5.74, 6) is -0.237. The fourth-order valence-corrected chi connectivity index (χ4v) is 2.27. The quantitative estimate of drug-likeness (QED) is 0.794. The van der Waals surface area contributed by atoms with Crippen molar-refractivity contribution in [3.05, 3.63) is 50.1 Å². The zero-order valence-electron chi connectivity index (χ0n) is 8.58. The zero-order valence-corrected chi connectivity index (χ0v) is 11.0. The number of rotatable bonds is 2. The molecule has 0 saturated carbocycles. The molecule has 82 valence electrons. The average molecular weight is 298 g/mol. The van der Waals surface area contributed by atoms with Gasteiger partial charge in [-0.05, 0) is 31.2 Å². The van der Waals surface area contributed by atoms with Crippen LogP contribution in [0.25, 0.3) is 12.2 Å². The summed E-state index contributed by atoms with van der Waals surface area (Å²) in [5.41, 5.74) is 1.55. The summed E-state index contributed by atoms with van der Waals surface area (Å²) in [4.78, 5) is 4.27. The first-order valence-corrected chi connectivity index (χ1v) is 6.38. The third-order valence-corrected chi connectivity index (χ3v) is 3.43. The second-order valence-electron chi connectivity index (χ2n) is 3.33. The Morgan fingerprint density at radius 3 is 2.81 bits per heavy atom. The predicted octanol–water partition coefficient (Wildman–Crippen LogP) is 4.52. The number of hydrogen-bond acceptors (Lipinski definition) is 2. The average Bonchev–Trinajstić information content (AvgIpc) is 2.63. The molecule has 4 heteroatoms. The van der Waals surface area contributed by atoms with Crippen LogP contribution in [0.1, 0.15) is 16.3 Å². The van der Waals surface area contributed by atoms with Crippen molar-refractivity contribution in [3.8, 4) is 0 Å². The van der Waals surface area contributed by atoms with Gasteiger partial charge in [0, 0.05) is 21.1 Å². The maximum atomic E-state index is 13.5. The second-order valence-corrected chi connectivity index (χ2v) is 5.13. The molecule has 0 unspecified atom stereocenters. The van der Waals surface area contributed by atoms with Gasteiger partial charge in [0.25, 0.3) is 0 Å². The Kier molecular flexibility index (Phi) is 3.51. The largest absolute Gasteiger partial charge is 0.242 e. The lowest BCUT2D eigenvalue weighted by Crippen LogP contribution is -1.81. The molecule has 2 rings (SSSR count). The van der Waals surface area contributed by atoms with Crippen molar-refractivity contribution >= 4 is 39.4 Å². The molecule has 0 amide bonds. The normalized spacial score (nSPS) is 11.2. The standard InChI is InChI=1S/C12H9BrFNS/c1-8-7-16-12(15-8)5-3-9-2-4-10(13)6-11(9)14/h2-7H,1H3/b5-3+. The molecular formula is C12H9BrFNS. The lowest BCUT2D eigenvalue weighted by molar-refractivity contribution is 0.624. The second kappa shape index (κ2) is 4.89. The molecule has 1 heterocycles. The predicted molar refractivity (Wildman–Crippen MR) is 69.9 cm³/mol. The maximum absolute atomic E-state index is 13.5. The van der Waals surface area contributed by atoms with E-state index in [1.54, 1.807) is 23.5 Å². The van der Waals surface area contributed by atoms with E-state index in [1.165, 1.54) is 6.07 Å². The molecule has 0 saturated heterocycles. The molecular weight excluding hydrogens is 289 g/mol. The van der Waals surface area contributed by atoms with Crippen LogP contribution in [0, 0.1) is 12.7 Å². The SMILES string of the molecule is Cc1csc(/C=C/c2ccc(Br)cc2F)n1. The van der Waals surface area contributed by atoms with Crippen molar-refractivity contribution in [2.24, 2.45) is 0 Å². The fourth-order valence-electron chi connectivity index (χ4n) is 1.25. The molecule has 0 spiro atoms. The molecule has 0 bridgehead atoms. The molecule has 16 heavy (non-hydrogen) atoms. The first-order valence-electron chi connectivity index (χ1n) is 4.70. The smallest absolute Gasteiger partial charge is 0.131 e. The minimum atomic E-state index is -0.237. The molecule has 0 fully saturated rings. The Labute approximate surface area is 106 Å². The van der Waals surface area contributed by atoms with Gasteiger partial charge in [0.15, 0.2) is 0 Å². The summed E-state index contributed by atoms with van der Waals surface area (Å²) < 4.78 is 14.2. The van der Waals surface area contributed by atoms with Crippen LogP contribution in [-0.4, -0.2) is 4.98 Å². The van der Waals surface area contributed by atoms with Crippen LogP contribution in [0.5, 0.6) is 0 Å². The van der Waals surface area contributed by atoms with Gasteiger partial charge in [0.05, 0.1) is 0 Å². The Morgan fingerprint density at radius 1 is 1.38 bits per heavy atom. The van der Waals surface area contributed by atoms with Gasteiger partial charge < -0.3 is 0 Å². The highest BCUT2D eigenvalue weighted by atomic mass is 79.9. The first kappa shape index (κ1) is 11.5. The van der Waals surface area contributed by atoms with Crippen LogP contribution in [-0.2, 0) is 0 Å². The molecule has 1 nitrogen and oxygen atoms in total.